The molecule has 0 amide bonds. The predicted molar refractivity (Wildman–Crippen MR) is 104 cm³/mol. The molecule has 0 bridgehead atoms. The maximum Gasteiger partial charge on any atom is 0.238 e. The minimum Gasteiger partial charge on any atom is -0.343 e. The molecule has 0 unspecified atom stereocenters. The van der Waals surface area contributed by atoms with Crippen LogP contribution in [0.3, 0.4) is 0 Å². The Labute approximate surface area is 154 Å². The summed E-state index contributed by atoms with van der Waals surface area (Å²) in [5, 5.41) is 8.61. The van der Waals surface area contributed by atoms with Gasteiger partial charge in [-0.1, -0.05) is 30.3 Å². The lowest BCUT2D eigenvalue weighted by atomic mass is 10.1. The molecule has 0 aromatic heterocycles. The molecule has 1 fully saturated rings. The van der Waals surface area contributed by atoms with Gasteiger partial charge < -0.3 is 10.2 Å². The molecule has 138 valence electrons. The zero-order chi connectivity index (χ0) is 18.4. The smallest absolute Gasteiger partial charge is 0.238 e. The van der Waals surface area contributed by atoms with Crippen molar-refractivity contribution < 1.29 is 8.42 Å². The number of nitrogens with zero attached hydrogens (tertiary/aromatic N) is 2. The molecular formula is C19H24N4O2S. The van der Waals surface area contributed by atoms with Crippen LogP contribution in [0.1, 0.15) is 24.8 Å². The maximum absolute atomic E-state index is 11.5. The van der Waals surface area contributed by atoms with E-state index in [1.807, 2.05) is 36.4 Å². The van der Waals surface area contributed by atoms with E-state index < -0.39 is 10.0 Å². The third-order valence-corrected chi connectivity index (χ3v) is 5.23. The fourth-order valence-electron chi connectivity index (χ4n) is 2.96. The number of hydrogen-bond donors (Lipinski definition) is 2. The second kappa shape index (κ2) is 8.33. The summed E-state index contributed by atoms with van der Waals surface area (Å²) in [6.07, 6.45) is 3.54. The predicted octanol–water partition coefficient (Wildman–Crippen LogP) is 2.79. The van der Waals surface area contributed by atoms with Gasteiger partial charge in [0.15, 0.2) is 5.96 Å². The lowest BCUT2D eigenvalue weighted by Crippen LogP contribution is -2.40. The Morgan fingerprint density at radius 1 is 1.04 bits per heavy atom. The molecule has 2 aromatic carbocycles. The van der Waals surface area contributed by atoms with E-state index in [1.54, 1.807) is 12.1 Å². The fourth-order valence-corrected chi connectivity index (χ4v) is 3.55. The summed E-state index contributed by atoms with van der Waals surface area (Å²) in [4.78, 5) is 7.09. The van der Waals surface area contributed by atoms with Gasteiger partial charge in [0.25, 0.3) is 0 Å². The van der Waals surface area contributed by atoms with Crippen LogP contribution < -0.4 is 10.5 Å². The first-order valence-corrected chi connectivity index (χ1v) is 10.3. The van der Waals surface area contributed by atoms with Gasteiger partial charge in [-0.15, -0.1) is 0 Å². The Bertz CT molecular complexity index is 860. The minimum atomic E-state index is -3.71. The van der Waals surface area contributed by atoms with Crippen LogP contribution >= 0.6 is 0 Å². The Balaban J connectivity index is 1.81. The molecule has 3 rings (SSSR count). The molecular weight excluding hydrogens is 348 g/mol. The molecule has 6 nitrogen and oxygen atoms in total. The Kier molecular flexibility index (Phi) is 5.90. The largest absolute Gasteiger partial charge is 0.343 e. The topological polar surface area (TPSA) is 87.8 Å². The average molecular weight is 372 g/mol. The van der Waals surface area contributed by atoms with Crippen LogP contribution in [0.15, 0.2) is 64.5 Å². The number of likely N-dealkylation sites (tertiary alicyclic amines) is 1. The number of nitrogens with two attached hydrogens (primary N) is 1. The van der Waals surface area contributed by atoms with E-state index in [0.717, 1.165) is 43.1 Å². The van der Waals surface area contributed by atoms with Crippen LogP contribution in [-0.4, -0.2) is 32.4 Å². The molecule has 7 heteroatoms. The Morgan fingerprint density at radius 2 is 1.77 bits per heavy atom. The number of guanidine groups is 1. The van der Waals surface area contributed by atoms with Gasteiger partial charge in [-0.25, -0.2) is 18.5 Å². The summed E-state index contributed by atoms with van der Waals surface area (Å²) >= 11 is 0. The molecule has 1 saturated heterocycles. The second-order valence-corrected chi connectivity index (χ2v) is 7.93. The first-order valence-electron chi connectivity index (χ1n) is 8.75. The van der Waals surface area contributed by atoms with Crippen molar-refractivity contribution in [3.05, 3.63) is 60.2 Å². The van der Waals surface area contributed by atoms with E-state index in [2.05, 4.69) is 10.2 Å². The summed E-state index contributed by atoms with van der Waals surface area (Å²) in [6, 6.07) is 16.6. The quantitative estimate of drug-likeness (QED) is 0.638. The minimum absolute atomic E-state index is 0.112. The number of para-hydroxylation sites is 1. The molecule has 0 atom stereocenters. The van der Waals surface area contributed by atoms with Gasteiger partial charge in [0.05, 0.1) is 11.4 Å². The number of anilines is 1. The van der Waals surface area contributed by atoms with Gasteiger partial charge in [-0.2, -0.15) is 0 Å². The van der Waals surface area contributed by atoms with Gasteiger partial charge in [0.1, 0.15) is 0 Å². The maximum atomic E-state index is 11.5. The third kappa shape index (κ3) is 5.06. The highest BCUT2D eigenvalue weighted by Crippen LogP contribution is 2.15. The van der Waals surface area contributed by atoms with Crippen LogP contribution in [0.25, 0.3) is 0 Å². The number of sulfonamides is 1. The van der Waals surface area contributed by atoms with Crippen LogP contribution in [0.2, 0.25) is 0 Å². The molecule has 26 heavy (non-hydrogen) atoms. The number of piperidine rings is 1. The standard InChI is InChI=1S/C19H24N4O2S/c20-26(24,25)18-11-7-8-16(14-18)15-21-19(23-12-5-2-6-13-23)22-17-9-3-1-4-10-17/h1,3-4,7-11,14H,2,5-6,12-13,15H2,(H,21,22)(H2,20,24,25). The Hall–Kier alpha value is -2.38. The monoisotopic (exact) mass is 372 g/mol. The average Bonchev–Trinajstić information content (AvgIpc) is 2.66. The van der Waals surface area contributed by atoms with E-state index in [0.29, 0.717) is 6.54 Å². The Morgan fingerprint density at radius 3 is 2.46 bits per heavy atom. The van der Waals surface area contributed by atoms with Gasteiger partial charge in [-0.3, -0.25) is 0 Å². The summed E-state index contributed by atoms with van der Waals surface area (Å²) in [5.41, 5.74) is 1.79. The van der Waals surface area contributed by atoms with E-state index in [4.69, 9.17) is 10.1 Å². The first kappa shape index (κ1) is 18.4. The lowest BCUT2D eigenvalue weighted by molar-refractivity contribution is 0.340. The molecule has 3 N–H and O–H groups in total. The van der Waals surface area contributed by atoms with Crippen LogP contribution in [0.5, 0.6) is 0 Å². The van der Waals surface area contributed by atoms with E-state index in [-0.39, 0.29) is 4.90 Å². The van der Waals surface area contributed by atoms with Gasteiger partial charge in [-0.05, 0) is 49.1 Å². The van der Waals surface area contributed by atoms with Gasteiger partial charge in [0, 0.05) is 18.8 Å². The number of hydrogen-bond acceptors (Lipinski definition) is 3. The SMILES string of the molecule is NS(=O)(=O)c1cccc(CN=C(Nc2ccccc2)N2CCCCC2)c1. The number of nitrogens with one attached hydrogen (secondary N) is 1. The molecule has 1 aliphatic heterocycles. The molecule has 0 saturated carbocycles. The normalized spacial score (nSPS) is 15.7. The van der Waals surface area contributed by atoms with Crippen LogP contribution in [0, 0.1) is 0 Å². The highest BCUT2D eigenvalue weighted by Gasteiger charge is 2.15. The first-order chi connectivity index (χ1) is 12.5. The summed E-state index contributed by atoms with van der Waals surface area (Å²) < 4.78 is 23.1. The van der Waals surface area contributed by atoms with Crippen molar-refractivity contribution in [1.82, 2.24) is 4.90 Å². The van der Waals surface area contributed by atoms with Crippen molar-refractivity contribution in [3.63, 3.8) is 0 Å². The zero-order valence-electron chi connectivity index (χ0n) is 14.6. The molecule has 0 spiro atoms. The number of primary sulfonamides is 1. The highest BCUT2D eigenvalue weighted by atomic mass is 32.2. The van der Waals surface area contributed by atoms with E-state index in [9.17, 15) is 8.42 Å². The van der Waals surface area contributed by atoms with Crippen molar-refractivity contribution in [2.75, 3.05) is 18.4 Å². The molecule has 0 aliphatic carbocycles. The number of aliphatic imine (C=N–C) groups is 1. The summed E-state index contributed by atoms with van der Waals surface area (Å²) in [7, 11) is -3.71. The molecule has 2 aromatic rings. The van der Waals surface area contributed by atoms with Crippen molar-refractivity contribution >= 4 is 21.7 Å². The van der Waals surface area contributed by atoms with Crippen LogP contribution in [0.4, 0.5) is 5.69 Å². The summed E-state index contributed by atoms with van der Waals surface area (Å²) in [6.45, 7) is 2.32. The summed E-state index contributed by atoms with van der Waals surface area (Å²) in [5.74, 6) is 0.817. The molecule has 1 aliphatic rings. The molecule has 0 radical (unpaired) electrons. The number of rotatable bonds is 4. The van der Waals surface area contributed by atoms with E-state index >= 15 is 0 Å². The lowest BCUT2D eigenvalue weighted by Gasteiger charge is -2.30. The van der Waals surface area contributed by atoms with Gasteiger partial charge in [0.2, 0.25) is 10.0 Å². The highest BCUT2D eigenvalue weighted by molar-refractivity contribution is 7.89. The second-order valence-electron chi connectivity index (χ2n) is 6.37. The zero-order valence-corrected chi connectivity index (χ0v) is 15.5. The van der Waals surface area contributed by atoms with Crippen LogP contribution in [-0.2, 0) is 16.6 Å². The van der Waals surface area contributed by atoms with Crippen molar-refractivity contribution in [3.8, 4) is 0 Å². The van der Waals surface area contributed by atoms with Crippen molar-refractivity contribution in [2.24, 2.45) is 10.1 Å². The number of benzene rings is 2. The van der Waals surface area contributed by atoms with Crippen molar-refractivity contribution in [1.29, 1.82) is 0 Å². The van der Waals surface area contributed by atoms with Gasteiger partial charge >= 0.3 is 0 Å². The third-order valence-electron chi connectivity index (χ3n) is 4.32. The molecule has 1 heterocycles. The van der Waals surface area contributed by atoms with Crippen molar-refractivity contribution in [2.45, 2.75) is 30.7 Å². The fraction of sp³-hybridized carbons (Fsp3) is 0.316. The van der Waals surface area contributed by atoms with E-state index in [1.165, 1.54) is 12.5 Å².